The highest BCUT2D eigenvalue weighted by Crippen LogP contribution is 2.17. The second kappa shape index (κ2) is 6.50. The van der Waals surface area contributed by atoms with E-state index in [4.69, 9.17) is 0 Å². The van der Waals surface area contributed by atoms with E-state index >= 15 is 0 Å². The van der Waals surface area contributed by atoms with Crippen LogP contribution < -0.4 is 10.6 Å². The molecule has 1 amide bonds. The molecule has 1 rings (SSSR count). The van der Waals surface area contributed by atoms with Crippen molar-refractivity contribution in [2.24, 2.45) is 5.41 Å². The summed E-state index contributed by atoms with van der Waals surface area (Å²) < 4.78 is 12.9. The van der Waals surface area contributed by atoms with Crippen molar-refractivity contribution in [2.45, 2.75) is 27.2 Å². The van der Waals surface area contributed by atoms with Crippen LogP contribution in [0.2, 0.25) is 0 Å². The molecule has 0 heterocycles. The zero-order valence-corrected chi connectivity index (χ0v) is 11.2. The van der Waals surface area contributed by atoms with E-state index in [-0.39, 0.29) is 23.7 Å². The molecule has 0 spiro atoms. The molecule has 3 nitrogen and oxygen atoms in total. The first kappa shape index (κ1) is 14.6. The SMILES string of the molecule is CCC(C)(C)CNCC(=O)Nc1cccc(F)c1. The Morgan fingerprint density at radius 1 is 1.39 bits per heavy atom. The highest BCUT2D eigenvalue weighted by molar-refractivity contribution is 5.92. The first-order chi connectivity index (χ1) is 8.43. The summed E-state index contributed by atoms with van der Waals surface area (Å²) in [4.78, 5) is 11.6. The summed E-state index contributed by atoms with van der Waals surface area (Å²) in [7, 11) is 0. The zero-order valence-electron chi connectivity index (χ0n) is 11.2. The summed E-state index contributed by atoms with van der Waals surface area (Å²) in [5.41, 5.74) is 0.663. The number of nitrogens with one attached hydrogen (secondary N) is 2. The number of hydrogen-bond acceptors (Lipinski definition) is 2. The van der Waals surface area contributed by atoms with Crippen LogP contribution in [0.3, 0.4) is 0 Å². The molecule has 4 heteroatoms. The number of carbonyl (C=O) groups excluding carboxylic acids is 1. The van der Waals surface area contributed by atoms with Gasteiger partial charge >= 0.3 is 0 Å². The van der Waals surface area contributed by atoms with Gasteiger partial charge in [-0.2, -0.15) is 0 Å². The zero-order chi connectivity index (χ0) is 13.6. The van der Waals surface area contributed by atoms with Crippen molar-refractivity contribution in [3.05, 3.63) is 30.1 Å². The monoisotopic (exact) mass is 252 g/mol. The highest BCUT2D eigenvalue weighted by Gasteiger charge is 2.14. The summed E-state index contributed by atoms with van der Waals surface area (Å²) in [6, 6.07) is 5.88. The molecule has 0 radical (unpaired) electrons. The fraction of sp³-hybridized carbons (Fsp3) is 0.500. The molecule has 1 aromatic carbocycles. The van der Waals surface area contributed by atoms with Crippen molar-refractivity contribution in [2.75, 3.05) is 18.4 Å². The first-order valence-corrected chi connectivity index (χ1v) is 6.19. The lowest BCUT2D eigenvalue weighted by molar-refractivity contribution is -0.115. The fourth-order valence-electron chi connectivity index (χ4n) is 1.41. The fourth-order valence-corrected chi connectivity index (χ4v) is 1.41. The Morgan fingerprint density at radius 2 is 2.11 bits per heavy atom. The molecular formula is C14H21FN2O. The Kier molecular flexibility index (Phi) is 5.28. The Morgan fingerprint density at radius 3 is 2.72 bits per heavy atom. The maximum absolute atomic E-state index is 12.9. The summed E-state index contributed by atoms with van der Waals surface area (Å²) in [6.07, 6.45) is 1.05. The topological polar surface area (TPSA) is 41.1 Å². The Balaban J connectivity index is 2.34. The number of anilines is 1. The molecule has 0 aliphatic rings. The molecule has 0 atom stereocenters. The van der Waals surface area contributed by atoms with E-state index in [9.17, 15) is 9.18 Å². The van der Waals surface area contributed by atoms with Gasteiger partial charge in [0.05, 0.1) is 6.54 Å². The van der Waals surface area contributed by atoms with E-state index in [1.165, 1.54) is 12.1 Å². The molecule has 0 saturated carbocycles. The van der Waals surface area contributed by atoms with Crippen molar-refractivity contribution >= 4 is 11.6 Å². The normalized spacial score (nSPS) is 11.3. The number of carbonyl (C=O) groups is 1. The van der Waals surface area contributed by atoms with Crippen LogP contribution >= 0.6 is 0 Å². The molecule has 18 heavy (non-hydrogen) atoms. The second-order valence-electron chi connectivity index (χ2n) is 5.18. The summed E-state index contributed by atoms with van der Waals surface area (Å²) in [5, 5.41) is 5.75. The molecule has 0 aliphatic carbocycles. The lowest BCUT2D eigenvalue weighted by Gasteiger charge is -2.22. The second-order valence-corrected chi connectivity index (χ2v) is 5.18. The van der Waals surface area contributed by atoms with Gasteiger partial charge in [0.25, 0.3) is 0 Å². The third-order valence-corrected chi connectivity index (χ3v) is 2.95. The summed E-state index contributed by atoms with van der Waals surface area (Å²) in [6.45, 7) is 7.42. The van der Waals surface area contributed by atoms with Gasteiger partial charge < -0.3 is 10.6 Å². The largest absolute Gasteiger partial charge is 0.325 e. The number of hydrogen-bond donors (Lipinski definition) is 2. The lowest BCUT2D eigenvalue weighted by atomic mass is 9.90. The van der Waals surface area contributed by atoms with Gasteiger partial charge in [-0.15, -0.1) is 0 Å². The minimum absolute atomic E-state index is 0.160. The molecular weight excluding hydrogens is 231 g/mol. The van der Waals surface area contributed by atoms with E-state index < -0.39 is 0 Å². The molecule has 100 valence electrons. The summed E-state index contributed by atoms with van der Waals surface area (Å²) >= 11 is 0. The first-order valence-electron chi connectivity index (χ1n) is 6.19. The summed E-state index contributed by atoms with van der Waals surface area (Å²) in [5.74, 6) is -0.514. The predicted octanol–water partition coefficient (Wildman–Crippen LogP) is 2.79. The van der Waals surface area contributed by atoms with Crippen LogP contribution in [0.15, 0.2) is 24.3 Å². The van der Waals surface area contributed by atoms with Gasteiger partial charge in [-0.25, -0.2) is 4.39 Å². The Bertz CT molecular complexity index is 405. The minimum Gasteiger partial charge on any atom is -0.325 e. The van der Waals surface area contributed by atoms with E-state index in [0.717, 1.165) is 13.0 Å². The molecule has 2 N–H and O–H groups in total. The van der Waals surface area contributed by atoms with Crippen molar-refractivity contribution in [3.8, 4) is 0 Å². The smallest absolute Gasteiger partial charge is 0.238 e. The van der Waals surface area contributed by atoms with Crippen molar-refractivity contribution in [1.29, 1.82) is 0 Å². The molecule has 0 aromatic heterocycles. The van der Waals surface area contributed by atoms with Crippen LogP contribution in [0.4, 0.5) is 10.1 Å². The maximum Gasteiger partial charge on any atom is 0.238 e. The van der Waals surface area contributed by atoms with Crippen molar-refractivity contribution in [3.63, 3.8) is 0 Å². The maximum atomic E-state index is 12.9. The molecule has 0 bridgehead atoms. The number of amides is 1. The minimum atomic E-state index is -0.354. The van der Waals surface area contributed by atoms with Gasteiger partial charge in [-0.1, -0.05) is 26.8 Å². The standard InChI is InChI=1S/C14H21FN2O/c1-4-14(2,3)10-16-9-13(18)17-12-7-5-6-11(15)8-12/h5-8,16H,4,9-10H2,1-3H3,(H,17,18). The van der Waals surface area contributed by atoms with E-state index in [0.29, 0.717) is 5.69 Å². The van der Waals surface area contributed by atoms with Gasteiger partial charge in [0, 0.05) is 12.2 Å². The number of benzene rings is 1. The van der Waals surface area contributed by atoms with Gasteiger partial charge in [-0.05, 0) is 30.0 Å². The van der Waals surface area contributed by atoms with Crippen LogP contribution in [0.1, 0.15) is 27.2 Å². The van der Waals surface area contributed by atoms with E-state index in [2.05, 4.69) is 31.4 Å². The van der Waals surface area contributed by atoms with Crippen LogP contribution in [0.25, 0.3) is 0 Å². The molecule has 1 aromatic rings. The third-order valence-electron chi connectivity index (χ3n) is 2.95. The van der Waals surface area contributed by atoms with Crippen LogP contribution in [0.5, 0.6) is 0 Å². The molecule has 0 fully saturated rings. The molecule has 0 unspecified atom stereocenters. The Labute approximate surface area is 108 Å². The number of halogens is 1. The van der Waals surface area contributed by atoms with Crippen LogP contribution in [0, 0.1) is 11.2 Å². The average molecular weight is 252 g/mol. The molecule has 0 saturated heterocycles. The highest BCUT2D eigenvalue weighted by atomic mass is 19.1. The number of rotatable bonds is 6. The lowest BCUT2D eigenvalue weighted by Crippen LogP contribution is -2.35. The third kappa shape index (κ3) is 5.27. The van der Waals surface area contributed by atoms with Gasteiger partial charge in [0.2, 0.25) is 5.91 Å². The van der Waals surface area contributed by atoms with Gasteiger partial charge in [0.1, 0.15) is 5.82 Å². The van der Waals surface area contributed by atoms with Gasteiger partial charge in [-0.3, -0.25) is 4.79 Å². The van der Waals surface area contributed by atoms with E-state index in [1.807, 2.05) is 0 Å². The van der Waals surface area contributed by atoms with Gasteiger partial charge in [0.15, 0.2) is 0 Å². The van der Waals surface area contributed by atoms with E-state index in [1.54, 1.807) is 12.1 Å². The average Bonchev–Trinajstić information content (AvgIpc) is 2.28. The quantitative estimate of drug-likeness (QED) is 0.817. The van der Waals surface area contributed by atoms with Crippen LogP contribution in [-0.4, -0.2) is 19.0 Å². The van der Waals surface area contributed by atoms with Crippen molar-refractivity contribution in [1.82, 2.24) is 5.32 Å². The van der Waals surface area contributed by atoms with Crippen molar-refractivity contribution < 1.29 is 9.18 Å². The molecule has 0 aliphatic heterocycles. The van der Waals surface area contributed by atoms with Crippen LogP contribution in [-0.2, 0) is 4.79 Å². The Hall–Kier alpha value is -1.42. The predicted molar refractivity (Wildman–Crippen MR) is 72.0 cm³/mol.